The third kappa shape index (κ3) is 13.4. The van der Waals surface area contributed by atoms with Crippen molar-refractivity contribution in [1.29, 1.82) is 0 Å². The Morgan fingerprint density at radius 3 is 0.719 bits per heavy atom. The molecule has 0 fully saturated rings. The second-order valence-corrected chi connectivity index (χ2v) is 26.7. The van der Waals surface area contributed by atoms with Crippen LogP contribution < -0.4 is 0 Å². The van der Waals surface area contributed by atoms with Gasteiger partial charge in [-0.2, -0.15) is 0 Å². The summed E-state index contributed by atoms with van der Waals surface area (Å²) in [6, 6.07) is 105. The van der Waals surface area contributed by atoms with E-state index in [2.05, 4.69) is 374 Å². The summed E-state index contributed by atoms with van der Waals surface area (Å²) in [5, 5.41) is 32.3. The summed E-state index contributed by atoms with van der Waals surface area (Å²) in [5.41, 5.74) is 16.2. The lowest BCUT2D eigenvalue weighted by Gasteiger charge is -2.09. The van der Waals surface area contributed by atoms with E-state index in [0.29, 0.717) is 0 Å². The van der Waals surface area contributed by atoms with E-state index in [-0.39, 0.29) is 0 Å². The molecule has 0 N–H and O–H groups in total. The summed E-state index contributed by atoms with van der Waals surface area (Å²) in [7, 11) is 0. The Hall–Kier alpha value is -10.9. The lowest BCUT2D eigenvalue weighted by atomic mass is 9.95. The van der Waals surface area contributed by atoms with Crippen LogP contribution in [-0.4, -0.2) is 0 Å². The fourth-order valence-electron chi connectivity index (χ4n) is 14.4. The maximum absolute atomic E-state index is 2.31. The summed E-state index contributed by atoms with van der Waals surface area (Å²) >= 11 is 0. The largest absolute Gasteiger partial charge is 0.0616 e. The molecular weight excluding hydrogens is 1150 g/mol. The van der Waals surface area contributed by atoms with Crippen molar-refractivity contribution in [1.82, 2.24) is 0 Å². The average Bonchev–Trinajstić information content (AvgIpc) is 0.859. The molecule has 0 bridgehead atoms. The summed E-state index contributed by atoms with van der Waals surface area (Å²) in [6.45, 7) is 26.1. The Morgan fingerprint density at radius 2 is 0.365 bits per heavy atom. The van der Waals surface area contributed by atoms with Gasteiger partial charge in [-0.25, -0.2) is 0 Å². The molecule has 0 heterocycles. The molecule has 96 heavy (non-hydrogen) atoms. The standard InChI is InChI=1S/6C16H14/c1-11-5-3-7-13-9-14-8-4-6-12(2)16(14)10-15(11)13;2*1-11-6-5-8-14-10-13-7-3-4-9-15(13)12(2)16(11)14;1-11-6-7-13-10-16-12(2)4-3-5-14(16)9-15(13)8-11;2*1-11-6-7-13-9-14-5-3-4-12(2)16(14)10-15(13)8-11/h6*3-10H,1-2H3. The van der Waals surface area contributed by atoms with Gasteiger partial charge < -0.3 is 0 Å². The van der Waals surface area contributed by atoms with E-state index < -0.39 is 0 Å². The molecule has 0 amide bonds. The minimum Gasteiger partial charge on any atom is -0.0616 e. The van der Waals surface area contributed by atoms with Gasteiger partial charge in [0.2, 0.25) is 0 Å². The highest BCUT2D eigenvalue weighted by Gasteiger charge is 2.09. The van der Waals surface area contributed by atoms with E-state index >= 15 is 0 Å². The molecule has 0 radical (unpaired) electrons. The van der Waals surface area contributed by atoms with Gasteiger partial charge in [-0.1, -0.05) is 247 Å². The molecule has 468 valence electrons. The summed E-state index contributed by atoms with van der Waals surface area (Å²) in [5.74, 6) is 0. The highest BCUT2D eigenvalue weighted by molar-refractivity contribution is 6.07. The Morgan fingerprint density at radius 1 is 0.135 bits per heavy atom. The zero-order valence-electron chi connectivity index (χ0n) is 57.7. The van der Waals surface area contributed by atoms with Crippen LogP contribution in [0.4, 0.5) is 0 Å². The molecule has 0 heteroatoms. The van der Waals surface area contributed by atoms with Crippen molar-refractivity contribution in [3.63, 3.8) is 0 Å². The quantitative estimate of drug-likeness (QED) is 0.133. The predicted molar refractivity (Wildman–Crippen MR) is 426 cm³/mol. The molecule has 0 aliphatic carbocycles. The van der Waals surface area contributed by atoms with E-state index in [4.69, 9.17) is 0 Å². The van der Waals surface area contributed by atoms with Crippen molar-refractivity contribution in [2.75, 3.05) is 0 Å². The SMILES string of the molecule is Cc1ccc2cc3c(C)cccc3cc2c1.Cc1ccc2cc3cccc(C)c3cc2c1.Cc1ccc2cc3cccc(C)c3cc2c1.Cc1cccc2cc3cccc(C)c3cc12.Cc1cccc2cc3ccccc3c(C)c12.Cc1cccc2cc3ccccc3c(C)c12. The first-order chi connectivity index (χ1) is 46.5. The first-order valence-electron chi connectivity index (χ1n) is 33.9. The van der Waals surface area contributed by atoms with Crippen molar-refractivity contribution < 1.29 is 0 Å². The van der Waals surface area contributed by atoms with Gasteiger partial charge >= 0.3 is 0 Å². The van der Waals surface area contributed by atoms with Crippen molar-refractivity contribution >= 4 is 129 Å². The second kappa shape index (κ2) is 27.6. The van der Waals surface area contributed by atoms with Gasteiger partial charge in [0.1, 0.15) is 0 Å². The fraction of sp³-hybridized carbons (Fsp3) is 0.125. The highest BCUT2D eigenvalue weighted by Crippen LogP contribution is 2.34. The molecule has 0 aromatic heterocycles. The van der Waals surface area contributed by atoms with Crippen molar-refractivity contribution in [2.45, 2.75) is 83.1 Å². The van der Waals surface area contributed by atoms with Crippen LogP contribution in [0.25, 0.3) is 129 Å². The molecule has 0 saturated heterocycles. The summed E-state index contributed by atoms with van der Waals surface area (Å²) < 4.78 is 0. The minimum absolute atomic E-state index is 1.32. The van der Waals surface area contributed by atoms with Gasteiger partial charge in [0, 0.05) is 0 Å². The average molecular weight is 1240 g/mol. The lowest BCUT2D eigenvalue weighted by molar-refractivity contribution is 1.49. The molecule has 18 aromatic carbocycles. The Bertz CT molecular complexity index is 5620. The van der Waals surface area contributed by atoms with E-state index in [1.165, 1.54) is 196 Å². The van der Waals surface area contributed by atoms with Crippen molar-refractivity contribution in [3.8, 4) is 0 Å². The molecule has 18 rings (SSSR count). The lowest BCUT2D eigenvalue weighted by Crippen LogP contribution is -1.85. The predicted octanol–water partition coefficient (Wildman–Crippen LogP) is 27.7. The van der Waals surface area contributed by atoms with Gasteiger partial charge in [-0.3, -0.25) is 0 Å². The normalized spacial score (nSPS) is 11.1. The second-order valence-electron chi connectivity index (χ2n) is 26.7. The number of rotatable bonds is 0. The van der Waals surface area contributed by atoms with E-state index in [1.807, 2.05) is 0 Å². The number of fused-ring (bicyclic) bond motifs is 12. The zero-order chi connectivity index (χ0) is 66.7. The van der Waals surface area contributed by atoms with Crippen LogP contribution in [0.1, 0.15) is 66.8 Å². The molecule has 0 saturated carbocycles. The van der Waals surface area contributed by atoms with Crippen LogP contribution in [-0.2, 0) is 0 Å². The molecule has 0 nitrogen and oxygen atoms in total. The van der Waals surface area contributed by atoms with Crippen molar-refractivity contribution in [2.24, 2.45) is 0 Å². The van der Waals surface area contributed by atoms with Gasteiger partial charge in [0.05, 0.1) is 0 Å². The van der Waals surface area contributed by atoms with Crippen LogP contribution in [0.2, 0.25) is 0 Å². The van der Waals surface area contributed by atoms with Gasteiger partial charge in [-0.15, -0.1) is 0 Å². The van der Waals surface area contributed by atoms with E-state index in [1.54, 1.807) is 0 Å². The third-order valence-electron chi connectivity index (χ3n) is 19.7. The minimum atomic E-state index is 1.32. The van der Waals surface area contributed by atoms with Crippen LogP contribution in [0.15, 0.2) is 291 Å². The first-order valence-corrected chi connectivity index (χ1v) is 33.9. The maximum Gasteiger partial charge on any atom is -0.0119 e. The number of hydrogen-bond donors (Lipinski definition) is 0. The molecule has 0 spiro atoms. The monoisotopic (exact) mass is 1240 g/mol. The number of aryl methyl sites for hydroxylation is 12. The molecule has 0 aliphatic heterocycles. The van der Waals surface area contributed by atoms with Gasteiger partial charge in [0.15, 0.2) is 0 Å². The zero-order valence-corrected chi connectivity index (χ0v) is 57.7. The summed E-state index contributed by atoms with van der Waals surface area (Å²) in [6.07, 6.45) is 0. The van der Waals surface area contributed by atoms with Gasteiger partial charge in [0.25, 0.3) is 0 Å². The third-order valence-corrected chi connectivity index (χ3v) is 19.7. The molecular formula is C96H84. The summed E-state index contributed by atoms with van der Waals surface area (Å²) in [4.78, 5) is 0. The van der Waals surface area contributed by atoms with Crippen LogP contribution in [0.5, 0.6) is 0 Å². The molecule has 18 aromatic rings. The smallest absolute Gasteiger partial charge is 0.0119 e. The molecule has 0 unspecified atom stereocenters. The topological polar surface area (TPSA) is 0 Å². The van der Waals surface area contributed by atoms with E-state index in [0.717, 1.165) is 0 Å². The number of hydrogen-bond acceptors (Lipinski definition) is 0. The Balaban J connectivity index is 0.000000104. The van der Waals surface area contributed by atoms with Crippen LogP contribution in [0.3, 0.4) is 0 Å². The Labute approximate surface area is 566 Å². The van der Waals surface area contributed by atoms with Crippen molar-refractivity contribution in [3.05, 3.63) is 358 Å². The highest BCUT2D eigenvalue weighted by atomic mass is 14.1. The Kier molecular flexibility index (Phi) is 18.3. The molecule has 0 atom stereocenters. The fourth-order valence-corrected chi connectivity index (χ4v) is 14.4. The van der Waals surface area contributed by atoms with Gasteiger partial charge in [-0.05, 0) is 323 Å². The molecule has 0 aliphatic rings. The maximum atomic E-state index is 2.31. The van der Waals surface area contributed by atoms with Crippen LogP contribution in [0, 0.1) is 83.1 Å². The van der Waals surface area contributed by atoms with Crippen LogP contribution >= 0.6 is 0 Å². The number of benzene rings is 18. The van der Waals surface area contributed by atoms with E-state index in [9.17, 15) is 0 Å². The first kappa shape index (κ1) is 63.8.